The fourth-order valence-electron chi connectivity index (χ4n) is 1.65. The summed E-state index contributed by atoms with van der Waals surface area (Å²) >= 11 is 1.37. The molecule has 0 aromatic carbocycles. The number of hydrogen-bond acceptors (Lipinski definition) is 5. The summed E-state index contributed by atoms with van der Waals surface area (Å²) in [6.45, 7) is 5.99. The molecule has 2 heterocycles. The van der Waals surface area contributed by atoms with Crippen LogP contribution in [0.25, 0.3) is 10.6 Å². The topological polar surface area (TPSA) is 85.8 Å². The van der Waals surface area contributed by atoms with Gasteiger partial charge in [0.05, 0.1) is 11.9 Å². The van der Waals surface area contributed by atoms with Crippen LogP contribution in [0, 0.1) is 6.92 Å². The molecule has 0 spiro atoms. The van der Waals surface area contributed by atoms with E-state index in [4.69, 9.17) is 5.73 Å². The molecular formula is C13H21Cl2N5OS. The van der Waals surface area contributed by atoms with Gasteiger partial charge in [0.1, 0.15) is 9.88 Å². The highest BCUT2D eigenvalue weighted by atomic mass is 35.5. The lowest BCUT2D eigenvalue weighted by atomic mass is 10.1. The summed E-state index contributed by atoms with van der Waals surface area (Å²) < 4.78 is 1.71. The molecule has 1 amide bonds. The van der Waals surface area contributed by atoms with E-state index < -0.39 is 5.54 Å². The number of nitrogens with zero attached hydrogens (tertiary/aromatic N) is 3. The maximum Gasteiger partial charge on any atom is 0.263 e. The number of nitrogens with one attached hydrogen (secondary N) is 1. The number of hydrogen-bond donors (Lipinski definition) is 2. The van der Waals surface area contributed by atoms with E-state index in [-0.39, 0.29) is 30.7 Å². The lowest BCUT2D eigenvalue weighted by Crippen LogP contribution is -2.45. The van der Waals surface area contributed by atoms with Crippen molar-refractivity contribution in [2.45, 2.75) is 26.3 Å². The molecule has 22 heavy (non-hydrogen) atoms. The molecule has 0 aliphatic rings. The Morgan fingerprint density at radius 2 is 2.09 bits per heavy atom. The van der Waals surface area contributed by atoms with Crippen LogP contribution in [-0.2, 0) is 7.05 Å². The Bertz CT molecular complexity index is 633. The number of nitrogens with two attached hydrogens (primary N) is 1. The zero-order valence-corrected chi connectivity index (χ0v) is 15.4. The quantitative estimate of drug-likeness (QED) is 0.868. The number of halogens is 2. The van der Waals surface area contributed by atoms with Crippen molar-refractivity contribution < 1.29 is 4.79 Å². The number of rotatable bonds is 4. The molecule has 6 nitrogen and oxygen atoms in total. The second kappa shape index (κ2) is 7.92. The van der Waals surface area contributed by atoms with Crippen LogP contribution in [0.4, 0.5) is 0 Å². The lowest BCUT2D eigenvalue weighted by molar-refractivity contribution is 0.0949. The van der Waals surface area contributed by atoms with Gasteiger partial charge in [0.2, 0.25) is 0 Å². The fourth-order valence-corrected chi connectivity index (χ4v) is 2.61. The smallest absolute Gasteiger partial charge is 0.263 e. The number of carbonyl (C=O) groups is 1. The van der Waals surface area contributed by atoms with E-state index in [1.54, 1.807) is 10.9 Å². The number of amides is 1. The first kappa shape index (κ1) is 20.9. The van der Waals surface area contributed by atoms with Crippen molar-refractivity contribution in [1.29, 1.82) is 0 Å². The normalized spacial score (nSPS) is 10.6. The van der Waals surface area contributed by atoms with E-state index in [0.717, 1.165) is 16.3 Å². The first-order valence-corrected chi connectivity index (χ1v) is 7.11. The van der Waals surface area contributed by atoms with Gasteiger partial charge < -0.3 is 11.1 Å². The van der Waals surface area contributed by atoms with E-state index >= 15 is 0 Å². The minimum atomic E-state index is -0.430. The fraction of sp³-hybridized carbons (Fsp3) is 0.462. The predicted molar refractivity (Wildman–Crippen MR) is 94.1 cm³/mol. The Morgan fingerprint density at radius 1 is 1.45 bits per heavy atom. The van der Waals surface area contributed by atoms with E-state index in [1.165, 1.54) is 11.3 Å². The standard InChI is InChI=1S/C13H19N5OS.2ClH/c1-8-10(11(19)15-7-13(2,3)14)20-12(17-8)9-5-16-18(4)6-9;;/h5-6H,7,14H2,1-4H3,(H,15,19);2*1H. The van der Waals surface area contributed by atoms with Crippen LogP contribution in [0.2, 0.25) is 0 Å². The van der Waals surface area contributed by atoms with Crippen molar-refractivity contribution in [2.24, 2.45) is 12.8 Å². The average molecular weight is 366 g/mol. The maximum atomic E-state index is 12.1. The summed E-state index contributed by atoms with van der Waals surface area (Å²) in [7, 11) is 1.85. The summed E-state index contributed by atoms with van der Waals surface area (Å²) in [6, 6.07) is 0. The van der Waals surface area contributed by atoms with Gasteiger partial charge in [-0.25, -0.2) is 4.98 Å². The summed E-state index contributed by atoms with van der Waals surface area (Å²) in [4.78, 5) is 17.2. The minimum absolute atomic E-state index is 0. The number of aryl methyl sites for hydroxylation is 2. The zero-order valence-electron chi connectivity index (χ0n) is 12.9. The molecule has 2 aromatic heterocycles. The van der Waals surface area contributed by atoms with E-state index in [0.29, 0.717) is 11.4 Å². The third-order valence-corrected chi connectivity index (χ3v) is 3.86. The molecule has 0 aliphatic heterocycles. The van der Waals surface area contributed by atoms with Crippen molar-refractivity contribution in [3.63, 3.8) is 0 Å². The van der Waals surface area contributed by atoms with Crippen LogP contribution in [-0.4, -0.2) is 32.8 Å². The predicted octanol–water partition coefficient (Wildman–Crippen LogP) is 2.16. The molecule has 0 unspecified atom stereocenters. The first-order chi connectivity index (χ1) is 9.26. The number of carbonyl (C=O) groups excluding carboxylic acids is 1. The van der Waals surface area contributed by atoms with Gasteiger partial charge in [-0.1, -0.05) is 0 Å². The second-order valence-corrected chi connectivity index (χ2v) is 6.51. The van der Waals surface area contributed by atoms with Gasteiger partial charge in [0.25, 0.3) is 5.91 Å². The van der Waals surface area contributed by atoms with Crippen molar-refractivity contribution >= 4 is 42.1 Å². The van der Waals surface area contributed by atoms with Crippen molar-refractivity contribution in [3.8, 4) is 10.6 Å². The summed E-state index contributed by atoms with van der Waals surface area (Å²) in [5.74, 6) is -0.131. The lowest BCUT2D eigenvalue weighted by Gasteiger charge is -2.18. The largest absolute Gasteiger partial charge is 0.349 e. The van der Waals surface area contributed by atoms with Gasteiger partial charge in [-0.2, -0.15) is 5.10 Å². The first-order valence-electron chi connectivity index (χ1n) is 6.30. The van der Waals surface area contributed by atoms with Gasteiger partial charge in [0.15, 0.2) is 0 Å². The molecule has 9 heteroatoms. The highest BCUT2D eigenvalue weighted by Gasteiger charge is 2.19. The molecule has 2 aromatic rings. The summed E-state index contributed by atoms with van der Waals surface area (Å²) in [5, 5.41) is 7.75. The molecule has 0 fully saturated rings. The maximum absolute atomic E-state index is 12.1. The molecule has 2 rings (SSSR count). The molecule has 0 radical (unpaired) electrons. The molecular weight excluding hydrogens is 345 g/mol. The van der Waals surface area contributed by atoms with Crippen LogP contribution in [0.15, 0.2) is 12.4 Å². The van der Waals surface area contributed by atoms with E-state index in [9.17, 15) is 4.79 Å². The molecule has 124 valence electrons. The number of thiazole rings is 1. The molecule has 0 bridgehead atoms. The van der Waals surface area contributed by atoms with Crippen LogP contribution in [0.1, 0.15) is 29.2 Å². The molecule has 0 aliphatic carbocycles. The third-order valence-electron chi connectivity index (χ3n) is 2.66. The highest BCUT2D eigenvalue weighted by Crippen LogP contribution is 2.27. The molecule has 0 saturated heterocycles. The van der Waals surface area contributed by atoms with Crippen LogP contribution in [0.3, 0.4) is 0 Å². The van der Waals surface area contributed by atoms with Gasteiger partial charge in [0, 0.05) is 30.9 Å². The van der Waals surface area contributed by atoms with Crippen LogP contribution >= 0.6 is 36.2 Å². The van der Waals surface area contributed by atoms with Gasteiger partial charge in [-0.05, 0) is 20.8 Å². The molecule has 0 atom stereocenters. The SMILES string of the molecule is Cc1nc(-c2cnn(C)c2)sc1C(=O)NCC(C)(C)N.Cl.Cl. The monoisotopic (exact) mass is 365 g/mol. The summed E-state index contributed by atoms with van der Waals surface area (Å²) in [5.41, 5.74) is 7.07. The van der Waals surface area contributed by atoms with E-state index in [1.807, 2.05) is 34.0 Å². The number of aromatic nitrogens is 3. The third kappa shape index (κ3) is 5.24. The Kier molecular flexibility index (Phi) is 7.50. The van der Waals surface area contributed by atoms with Gasteiger partial charge in [-0.15, -0.1) is 36.2 Å². The zero-order chi connectivity index (χ0) is 14.9. The Balaban J connectivity index is 0.00000220. The van der Waals surface area contributed by atoms with Gasteiger partial charge >= 0.3 is 0 Å². The minimum Gasteiger partial charge on any atom is -0.349 e. The van der Waals surface area contributed by atoms with Gasteiger partial charge in [-0.3, -0.25) is 9.48 Å². The Morgan fingerprint density at radius 3 is 2.59 bits per heavy atom. The summed E-state index contributed by atoms with van der Waals surface area (Å²) in [6.07, 6.45) is 3.62. The van der Waals surface area contributed by atoms with Crippen LogP contribution < -0.4 is 11.1 Å². The Labute approximate surface area is 146 Å². The van der Waals surface area contributed by atoms with Crippen LogP contribution in [0.5, 0.6) is 0 Å². The van der Waals surface area contributed by atoms with Crippen molar-refractivity contribution in [3.05, 3.63) is 23.0 Å². The second-order valence-electron chi connectivity index (χ2n) is 5.51. The van der Waals surface area contributed by atoms with Crippen molar-refractivity contribution in [1.82, 2.24) is 20.1 Å². The Hall–Kier alpha value is -1.15. The highest BCUT2D eigenvalue weighted by molar-refractivity contribution is 7.17. The van der Waals surface area contributed by atoms with E-state index in [2.05, 4.69) is 15.4 Å². The molecule has 3 N–H and O–H groups in total. The average Bonchev–Trinajstić information content (AvgIpc) is 2.91. The van der Waals surface area contributed by atoms with Crippen molar-refractivity contribution in [2.75, 3.05) is 6.54 Å². The molecule has 0 saturated carbocycles.